The van der Waals surface area contributed by atoms with Crippen molar-refractivity contribution >= 4 is 17.4 Å². The lowest BCUT2D eigenvalue weighted by molar-refractivity contribution is 0.130. The summed E-state index contributed by atoms with van der Waals surface area (Å²) < 4.78 is 17.9. The first-order valence-electron chi connectivity index (χ1n) is 6.00. The zero-order chi connectivity index (χ0) is 15.2. The van der Waals surface area contributed by atoms with Crippen LogP contribution in [0, 0.1) is 5.82 Å². The maximum Gasteiger partial charge on any atom is 0.213 e. The predicted octanol–water partition coefficient (Wildman–Crippen LogP) is 2.72. The summed E-state index contributed by atoms with van der Waals surface area (Å²) >= 11 is 5.88. The molecular weight excluding hydrogens is 297 g/mol. The van der Waals surface area contributed by atoms with Gasteiger partial charge in [0.25, 0.3) is 0 Å². The van der Waals surface area contributed by atoms with Gasteiger partial charge in [-0.25, -0.2) is 9.37 Å². The molecule has 0 aliphatic heterocycles. The molecule has 21 heavy (non-hydrogen) atoms. The van der Waals surface area contributed by atoms with E-state index in [4.69, 9.17) is 26.9 Å². The maximum atomic E-state index is 12.9. The molecule has 0 unspecified atom stereocenters. The van der Waals surface area contributed by atoms with E-state index < -0.39 is 5.82 Å². The maximum absolute atomic E-state index is 12.9. The largest absolute Gasteiger partial charge is 0.481 e. The number of ether oxygens (including phenoxy) is 1. The molecule has 5 nitrogen and oxygen atoms in total. The van der Waals surface area contributed by atoms with Crippen molar-refractivity contribution in [2.75, 3.05) is 7.11 Å². The number of halogens is 2. The second-order valence-electron chi connectivity index (χ2n) is 4.08. The molecule has 0 amide bonds. The van der Waals surface area contributed by atoms with Gasteiger partial charge < -0.3 is 15.3 Å². The summed E-state index contributed by atoms with van der Waals surface area (Å²) in [4.78, 5) is 9.13. The fourth-order valence-electron chi connectivity index (χ4n) is 1.57. The monoisotopic (exact) mass is 309 g/mol. The van der Waals surface area contributed by atoms with Crippen molar-refractivity contribution in [1.29, 1.82) is 0 Å². The number of rotatable bonds is 5. The lowest BCUT2D eigenvalue weighted by Crippen LogP contribution is -2.14. The van der Waals surface area contributed by atoms with Gasteiger partial charge in [-0.1, -0.05) is 16.8 Å². The topological polar surface area (TPSA) is 69.7 Å². The summed E-state index contributed by atoms with van der Waals surface area (Å²) in [6, 6.07) is 7.33. The highest BCUT2D eigenvalue weighted by molar-refractivity contribution is 6.34. The number of nitrogens with zero attached hydrogens (tertiary/aromatic N) is 2. The molecule has 7 heteroatoms. The average Bonchev–Trinajstić information content (AvgIpc) is 2.47. The third-order valence-corrected chi connectivity index (χ3v) is 2.92. The van der Waals surface area contributed by atoms with Gasteiger partial charge in [0.1, 0.15) is 12.4 Å². The van der Waals surface area contributed by atoms with Crippen LogP contribution in [0.3, 0.4) is 0 Å². The molecule has 0 radical (unpaired) electrons. The molecule has 1 aromatic carbocycles. The Morgan fingerprint density at radius 1 is 1.38 bits per heavy atom. The van der Waals surface area contributed by atoms with Gasteiger partial charge in [0.05, 0.1) is 12.1 Å². The van der Waals surface area contributed by atoms with E-state index >= 15 is 0 Å². The normalized spacial score (nSPS) is 11.3. The average molecular weight is 310 g/mol. The van der Waals surface area contributed by atoms with E-state index in [0.29, 0.717) is 11.4 Å². The zero-order valence-electron chi connectivity index (χ0n) is 11.2. The first-order valence-corrected chi connectivity index (χ1v) is 6.37. The van der Waals surface area contributed by atoms with E-state index in [1.807, 2.05) is 0 Å². The number of oxime groups is 1. The van der Waals surface area contributed by atoms with Gasteiger partial charge in [0.15, 0.2) is 5.84 Å². The third-order valence-electron chi connectivity index (χ3n) is 2.61. The summed E-state index contributed by atoms with van der Waals surface area (Å²) in [5.41, 5.74) is 6.98. The minimum absolute atomic E-state index is 0.0704. The summed E-state index contributed by atoms with van der Waals surface area (Å²) in [6.07, 6.45) is 1.60. The summed E-state index contributed by atoms with van der Waals surface area (Å²) in [5, 5.41) is 3.93. The van der Waals surface area contributed by atoms with Gasteiger partial charge in [0.2, 0.25) is 5.88 Å². The zero-order valence-corrected chi connectivity index (χ0v) is 12.0. The van der Waals surface area contributed by atoms with Crippen LogP contribution in [-0.2, 0) is 11.4 Å². The first-order chi connectivity index (χ1) is 10.1. The van der Waals surface area contributed by atoms with Crippen LogP contribution in [0.25, 0.3) is 0 Å². The molecule has 0 aliphatic carbocycles. The predicted molar refractivity (Wildman–Crippen MR) is 77.7 cm³/mol. The van der Waals surface area contributed by atoms with Crippen molar-refractivity contribution in [2.45, 2.75) is 6.61 Å². The number of nitrogens with two attached hydrogens (primary N) is 1. The number of hydrogen-bond acceptors (Lipinski definition) is 4. The number of aromatic nitrogens is 1. The number of hydrogen-bond donors (Lipinski definition) is 1. The summed E-state index contributed by atoms with van der Waals surface area (Å²) in [7, 11) is 1.53. The second-order valence-corrected chi connectivity index (χ2v) is 4.49. The number of amidine groups is 1. The highest BCUT2D eigenvalue weighted by atomic mass is 35.5. The number of pyridine rings is 1. The Hall–Kier alpha value is -2.34. The van der Waals surface area contributed by atoms with E-state index in [1.165, 1.54) is 19.2 Å². The Bertz CT molecular complexity index is 664. The number of methoxy groups -OCH3 is 1. The van der Waals surface area contributed by atoms with Gasteiger partial charge in [0, 0.05) is 17.8 Å². The molecule has 0 bridgehead atoms. The van der Waals surface area contributed by atoms with Crippen molar-refractivity contribution in [3.8, 4) is 5.88 Å². The van der Waals surface area contributed by atoms with Crippen molar-refractivity contribution in [3.05, 3.63) is 58.5 Å². The highest BCUT2D eigenvalue weighted by Gasteiger charge is 2.06. The molecule has 0 spiro atoms. The fourth-order valence-corrected chi connectivity index (χ4v) is 1.84. The lowest BCUT2D eigenvalue weighted by Gasteiger charge is -2.05. The van der Waals surface area contributed by atoms with Gasteiger partial charge in [-0.05, 0) is 29.8 Å². The van der Waals surface area contributed by atoms with Crippen molar-refractivity contribution in [1.82, 2.24) is 4.98 Å². The van der Waals surface area contributed by atoms with Gasteiger partial charge >= 0.3 is 0 Å². The van der Waals surface area contributed by atoms with Crippen LogP contribution < -0.4 is 10.5 Å². The van der Waals surface area contributed by atoms with Crippen LogP contribution >= 0.6 is 11.6 Å². The van der Waals surface area contributed by atoms with Crippen LogP contribution in [0.2, 0.25) is 5.02 Å². The second kappa shape index (κ2) is 6.90. The Kier molecular flexibility index (Phi) is 4.94. The molecule has 0 aliphatic rings. The SMILES string of the molecule is COc1cc(CO/N=C(\N)c2ccc(F)cc2Cl)ccn1. The van der Waals surface area contributed by atoms with Crippen LogP contribution in [-0.4, -0.2) is 17.9 Å². The number of benzene rings is 1. The summed E-state index contributed by atoms with van der Waals surface area (Å²) in [6.45, 7) is 0.193. The molecule has 2 N–H and O–H groups in total. The van der Waals surface area contributed by atoms with Crippen LogP contribution in [0.1, 0.15) is 11.1 Å². The molecule has 1 heterocycles. The minimum atomic E-state index is -0.443. The molecule has 0 fully saturated rings. The Morgan fingerprint density at radius 3 is 2.90 bits per heavy atom. The standard InChI is InChI=1S/C14H13ClFN3O2/c1-20-13-6-9(4-5-18-13)8-21-19-14(17)11-3-2-10(16)7-12(11)15/h2-7H,8H2,1H3,(H2,17,19). The van der Waals surface area contributed by atoms with Crippen LogP contribution in [0.4, 0.5) is 4.39 Å². The first kappa shape index (κ1) is 15.1. The molecule has 2 rings (SSSR count). The molecule has 0 atom stereocenters. The van der Waals surface area contributed by atoms with Crippen LogP contribution in [0.15, 0.2) is 41.7 Å². The molecule has 0 saturated carbocycles. The lowest BCUT2D eigenvalue weighted by atomic mass is 10.2. The molecule has 0 saturated heterocycles. The molecular formula is C14H13ClFN3O2. The molecule has 110 valence electrons. The quantitative estimate of drug-likeness (QED) is 0.524. The van der Waals surface area contributed by atoms with Crippen molar-refractivity contribution < 1.29 is 14.0 Å². The Balaban J connectivity index is 2.03. The highest BCUT2D eigenvalue weighted by Crippen LogP contribution is 2.17. The van der Waals surface area contributed by atoms with E-state index in [9.17, 15) is 4.39 Å². The minimum Gasteiger partial charge on any atom is -0.481 e. The fraction of sp³-hybridized carbons (Fsp3) is 0.143. The van der Waals surface area contributed by atoms with E-state index in [1.54, 1.807) is 18.3 Å². The molecule has 1 aromatic heterocycles. The Morgan fingerprint density at radius 2 is 2.19 bits per heavy atom. The molecule has 2 aromatic rings. The van der Waals surface area contributed by atoms with Crippen molar-refractivity contribution in [2.24, 2.45) is 10.9 Å². The van der Waals surface area contributed by atoms with Gasteiger partial charge in [-0.3, -0.25) is 0 Å². The van der Waals surface area contributed by atoms with Gasteiger partial charge in [-0.15, -0.1) is 0 Å². The van der Waals surface area contributed by atoms with Crippen molar-refractivity contribution in [3.63, 3.8) is 0 Å². The van der Waals surface area contributed by atoms with Gasteiger partial charge in [-0.2, -0.15) is 0 Å². The van der Waals surface area contributed by atoms with E-state index in [2.05, 4.69) is 10.1 Å². The summed E-state index contributed by atoms with van der Waals surface area (Å²) in [5.74, 6) is 0.108. The smallest absolute Gasteiger partial charge is 0.213 e. The van der Waals surface area contributed by atoms with E-state index in [0.717, 1.165) is 11.6 Å². The Labute approximate surface area is 126 Å². The third kappa shape index (κ3) is 4.06. The van der Waals surface area contributed by atoms with Crippen LogP contribution in [0.5, 0.6) is 5.88 Å². The van der Waals surface area contributed by atoms with E-state index in [-0.39, 0.29) is 17.5 Å².